The van der Waals surface area contributed by atoms with Crippen LogP contribution in [0.5, 0.6) is 0 Å². The second-order valence-electron chi connectivity index (χ2n) is 4.83. The van der Waals surface area contributed by atoms with Crippen LogP contribution in [0.4, 0.5) is 0 Å². The normalized spacial score (nSPS) is 12.0. The fourth-order valence-corrected chi connectivity index (χ4v) is 3.94. The third-order valence-corrected chi connectivity index (χ3v) is 6.24. The quantitative estimate of drug-likeness (QED) is 0.756. The topological polar surface area (TPSA) is 72.1 Å². The zero-order valence-electron chi connectivity index (χ0n) is 14.2. The van der Waals surface area contributed by atoms with Gasteiger partial charge in [0.15, 0.2) is 0 Å². The van der Waals surface area contributed by atoms with E-state index in [1.165, 1.54) is 10.0 Å². The Morgan fingerprint density at radius 1 is 1.00 bits per heavy atom. The van der Waals surface area contributed by atoms with Gasteiger partial charge in [0.05, 0.1) is 0 Å². The summed E-state index contributed by atoms with van der Waals surface area (Å²) in [4.78, 5) is 0. The average molecular weight is 400 g/mol. The molecular weight excluding hydrogens is 369 g/mol. The second-order valence-corrected chi connectivity index (χ2v) is 9.39. The number of nitrogens with two attached hydrogens (primary N) is 1. The van der Waals surface area contributed by atoms with Crippen molar-refractivity contribution in [3.63, 3.8) is 0 Å². The number of benzene rings is 1. The molecule has 1 rings (SSSR count). The Morgan fingerprint density at radius 3 is 1.76 bits per heavy atom. The van der Waals surface area contributed by atoms with Gasteiger partial charge in [0.1, 0.15) is 0 Å². The van der Waals surface area contributed by atoms with Crippen LogP contribution in [0.2, 0.25) is 4.44 Å². The zero-order chi connectivity index (χ0) is 16.7. The molecule has 0 radical (unpaired) electrons. The van der Waals surface area contributed by atoms with E-state index in [9.17, 15) is 10.2 Å². The van der Waals surface area contributed by atoms with Gasteiger partial charge in [-0.15, -0.1) is 12.2 Å². The Labute approximate surface area is 141 Å². The fourth-order valence-electron chi connectivity index (χ4n) is 1.06. The van der Waals surface area contributed by atoms with Crippen molar-refractivity contribution in [1.82, 2.24) is 0 Å². The summed E-state index contributed by atoms with van der Waals surface area (Å²) in [5.74, 6) is 0. The Bertz CT molecular complexity index is 322. The van der Waals surface area contributed by atoms with Crippen LogP contribution in [0.15, 0.2) is 24.3 Å². The Kier molecular flexibility index (Phi) is 18.0. The molecule has 1 aromatic rings. The molecule has 0 aromatic heterocycles. The van der Waals surface area contributed by atoms with Crippen molar-refractivity contribution >= 4 is 24.7 Å². The van der Waals surface area contributed by atoms with Crippen LogP contribution >= 0.6 is 0 Å². The molecule has 0 saturated carbocycles. The van der Waals surface area contributed by atoms with E-state index < -0.39 is 0 Å². The Hall–Kier alpha value is -0.101. The maximum atomic E-state index is 9.90. The predicted octanol–water partition coefficient (Wildman–Crippen LogP) is 1.20. The van der Waals surface area contributed by atoms with Gasteiger partial charge in [-0.25, -0.2) is 0 Å². The van der Waals surface area contributed by atoms with Crippen molar-refractivity contribution in [1.29, 1.82) is 0 Å². The molecule has 3 nitrogen and oxygen atoms in total. The van der Waals surface area contributed by atoms with Crippen molar-refractivity contribution in [2.75, 3.05) is 0 Å². The van der Waals surface area contributed by atoms with Gasteiger partial charge < -0.3 is 10.2 Å². The van der Waals surface area contributed by atoms with Crippen molar-refractivity contribution in [3.05, 3.63) is 29.8 Å². The van der Waals surface area contributed by atoms with Crippen LogP contribution in [0.25, 0.3) is 0 Å². The standard InChI is InChI=1S/C7H8N.2C4H9O.C2H5.Sn/c8-6-7-4-2-1-3-5-7;2*1-3-4(2)5;1-2;/h1-4H,6,8H2;2*4H,3H2,1-2H3;1H2,2H3;/q;2*-1;;+2. The van der Waals surface area contributed by atoms with Gasteiger partial charge in [0.25, 0.3) is 0 Å². The van der Waals surface area contributed by atoms with E-state index in [-0.39, 0.29) is 33.4 Å². The molecule has 4 heteroatoms. The van der Waals surface area contributed by atoms with E-state index in [0.29, 0.717) is 6.54 Å². The van der Waals surface area contributed by atoms with Crippen molar-refractivity contribution in [3.8, 4) is 0 Å². The second kappa shape index (κ2) is 16.3. The van der Waals surface area contributed by atoms with Crippen LogP contribution < -0.4 is 19.5 Å². The molecule has 0 bridgehead atoms. The van der Waals surface area contributed by atoms with Gasteiger partial charge in [-0.05, 0) is 0 Å². The van der Waals surface area contributed by atoms with Gasteiger partial charge in [-0.1, -0.05) is 40.5 Å². The van der Waals surface area contributed by atoms with Gasteiger partial charge in [0.2, 0.25) is 0 Å². The Balaban J connectivity index is 0. The minimum atomic E-state index is -0.366. The summed E-state index contributed by atoms with van der Waals surface area (Å²) < 4.78 is 2.93. The van der Waals surface area contributed by atoms with Crippen molar-refractivity contribution < 1.29 is 10.2 Å². The molecule has 2 atom stereocenters. The molecule has 0 fully saturated rings. The van der Waals surface area contributed by atoms with E-state index in [1.54, 1.807) is 17.4 Å². The van der Waals surface area contributed by atoms with Crippen LogP contribution in [-0.2, 0) is 6.54 Å². The van der Waals surface area contributed by atoms with Gasteiger partial charge in [-0.3, -0.25) is 0 Å². The zero-order valence-corrected chi connectivity index (χ0v) is 17.0. The van der Waals surface area contributed by atoms with Crippen LogP contribution in [0, 0.1) is 0 Å². The van der Waals surface area contributed by atoms with Crippen molar-refractivity contribution in [2.24, 2.45) is 5.73 Å². The molecule has 1 aromatic carbocycles. The van der Waals surface area contributed by atoms with E-state index >= 15 is 0 Å². The molecule has 120 valence electrons. The minimum absolute atomic E-state index is 0.282. The molecular formula is C17H31NO2Sn. The molecule has 0 heterocycles. The Morgan fingerprint density at radius 2 is 1.43 bits per heavy atom. The molecule has 0 spiro atoms. The first-order valence-electron chi connectivity index (χ1n) is 7.76. The van der Waals surface area contributed by atoms with E-state index in [2.05, 4.69) is 31.2 Å². The number of rotatable bonds is 5. The molecule has 0 aliphatic carbocycles. The summed E-state index contributed by atoms with van der Waals surface area (Å²) in [5, 5.41) is 19.8. The number of hydrogen-bond donors (Lipinski definition) is 1. The van der Waals surface area contributed by atoms with Crippen LogP contribution in [0.1, 0.15) is 53.0 Å². The molecule has 2 N–H and O–H groups in total. The van der Waals surface area contributed by atoms with Crippen molar-refractivity contribution in [2.45, 2.75) is 70.6 Å². The summed E-state index contributed by atoms with van der Waals surface area (Å²) in [5.41, 5.74) is 6.97. The average Bonchev–Trinajstić information content (AvgIpc) is 2.49. The summed E-state index contributed by atoms with van der Waals surface area (Å²) in [6.45, 7) is 10.1. The molecule has 0 aliphatic heterocycles. The van der Waals surface area contributed by atoms with E-state index in [0.717, 1.165) is 12.8 Å². The molecule has 21 heavy (non-hydrogen) atoms. The number of hydrogen-bond acceptors (Lipinski definition) is 3. The molecule has 2 unspecified atom stereocenters. The summed E-state index contributed by atoms with van der Waals surface area (Å²) in [6, 6.07) is 8.56. The summed E-state index contributed by atoms with van der Waals surface area (Å²) >= 11 is -0.282. The first-order chi connectivity index (χ1) is 9.92. The first kappa shape index (κ1) is 23.2. The first-order valence-corrected chi connectivity index (χ1v) is 11.2. The van der Waals surface area contributed by atoms with Gasteiger partial charge in [-0.2, -0.15) is 0 Å². The summed E-state index contributed by atoms with van der Waals surface area (Å²) in [7, 11) is 0. The molecule has 0 aliphatic rings. The van der Waals surface area contributed by atoms with Gasteiger partial charge in [0, 0.05) is 0 Å². The summed E-state index contributed by atoms with van der Waals surface area (Å²) in [6.07, 6.45) is 0.769. The van der Waals surface area contributed by atoms with E-state index in [1.807, 2.05) is 13.8 Å². The third kappa shape index (κ3) is 16.1. The van der Waals surface area contributed by atoms with E-state index in [4.69, 9.17) is 5.73 Å². The fraction of sp³-hybridized carbons (Fsp3) is 0.647. The van der Waals surface area contributed by atoms with Crippen LogP contribution in [-0.4, -0.2) is 33.4 Å². The third-order valence-electron chi connectivity index (χ3n) is 2.75. The SMILES string of the molecule is CCC(C)[O-].CCC(C)[O-].C[CH2][Sn+2][c]1ccccc1CN. The monoisotopic (exact) mass is 401 g/mol. The predicted molar refractivity (Wildman–Crippen MR) is 89.7 cm³/mol. The van der Waals surface area contributed by atoms with Crippen LogP contribution in [0.3, 0.4) is 0 Å². The molecule has 0 saturated heterocycles. The van der Waals surface area contributed by atoms with Gasteiger partial charge >= 0.3 is 78.2 Å². The maximum absolute atomic E-state index is 9.90. The molecule has 0 amide bonds.